The zero-order valence-electron chi connectivity index (χ0n) is 10.2. The van der Waals surface area contributed by atoms with E-state index in [1.54, 1.807) is 17.0 Å². The molecule has 6 nitrogen and oxygen atoms in total. The van der Waals surface area contributed by atoms with Gasteiger partial charge in [-0.15, -0.1) is 0 Å². The van der Waals surface area contributed by atoms with Crippen molar-refractivity contribution in [3.63, 3.8) is 0 Å². The third kappa shape index (κ3) is 2.25. The van der Waals surface area contributed by atoms with Crippen LogP contribution < -0.4 is 9.64 Å². The lowest BCUT2D eigenvalue weighted by Crippen LogP contribution is -2.42. The number of para-hydroxylation sites is 2. The van der Waals surface area contributed by atoms with Gasteiger partial charge in [0.2, 0.25) is 6.10 Å². The highest BCUT2D eigenvalue weighted by atomic mass is 35.5. The molecule has 3 rings (SSSR count). The Kier molecular flexibility index (Phi) is 3.15. The van der Waals surface area contributed by atoms with E-state index in [0.29, 0.717) is 11.6 Å². The Morgan fingerprint density at radius 1 is 1.40 bits per heavy atom. The van der Waals surface area contributed by atoms with Crippen molar-refractivity contribution in [2.24, 2.45) is 0 Å². The van der Waals surface area contributed by atoms with E-state index in [2.05, 4.69) is 9.97 Å². The van der Waals surface area contributed by atoms with Crippen LogP contribution >= 0.6 is 11.6 Å². The monoisotopic (exact) mass is 291 g/mol. The second-order valence-electron chi connectivity index (χ2n) is 4.22. The molecule has 0 radical (unpaired) electrons. The number of hydrogen-bond acceptors (Lipinski definition) is 5. The smallest absolute Gasteiger partial charge is 0.346 e. The SMILES string of the molecule is O=C(O)C1CN(c2cncc(Cl)n2)c2ccccc2O1. The minimum absolute atomic E-state index is 0.140. The molecule has 0 saturated carbocycles. The third-order valence-corrected chi connectivity index (χ3v) is 3.10. The van der Waals surface area contributed by atoms with Crippen LogP contribution in [0.25, 0.3) is 0 Å². The van der Waals surface area contributed by atoms with E-state index in [4.69, 9.17) is 21.4 Å². The first kappa shape index (κ1) is 12.7. The number of nitrogens with zero attached hydrogens (tertiary/aromatic N) is 3. The number of aliphatic carboxylic acids is 1. The van der Waals surface area contributed by atoms with E-state index in [0.717, 1.165) is 5.69 Å². The van der Waals surface area contributed by atoms with Crippen LogP contribution in [0.1, 0.15) is 0 Å². The number of anilines is 2. The summed E-state index contributed by atoms with van der Waals surface area (Å²) in [4.78, 5) is 21.1. The van der Waals surface area contributed by atoms with Crippen molar-refractivity contribution in [2.75, 3.05) is 11.4 Å². The Balaban J connectivity index is 2.07. The van der Waals surface area contributed by atoms with Crippen LogP contribution in [-0.2, 0) is 4.79 Å². The van der Waals surface area contributed by atoms with Gasteiger partial charge in [0, 0.05) is 0 Å². The van der Waals surface area contributed by atoms with Crippen molar-refractivity contribution in [2.45, 2.75) is 6.10 Å². The van der Waals surface area contributed by atoms with Gasteiger partial charge < -0.3 is 14.7 Å². The second-order valence-corrected chi connectivity index (χ2v) is 4.61. The van der Waals surface area contributed by atoms with Gasteiger partial charge in [-0.05, 0) is 12.1 Å². The van der Waals surface area contributed by atoms with Crippen molar-refractivity contribution >= 4 is 29.1 Å². The van der Waals surface area contributed by atoms with E-state index >= 15 is 0 Å². The third-order valence-electron chi connectivity index (χ3n) is 2.92. The molecule has 20 heavy (non-hydrogen) atoms. The molecule has 0 saturated heterocycles. The fourth-order valence-corrected chi connectivity index (χ4v) is 2.19. The lowest BCUT2D eigenvalue weighted by atomic mass is 10.2. The van der Waals surface area contributed by atoms with Crippen LogP contribution in [0.15, 0.2) is 36.7 Å². The number of benzene rings is 1. The quantitative estimate of drug-likeness (QED) is 0.913. The first-order valence-corrected chi connectivity index (χ1v) is 6.26. The summed E-state index contributed by atoms with van der Waals surface area (Å²) in [5.41, 5.74) is 0.738. The Morgan fingerprint density at radius 2 is 2.20 bits per heavy atom. The van der Waals surface area contributed by atoms with Gasteiger partial charge in [-0.25, -0.2) is 9.78 Å². The number of ether oxygens (including phenoxy) is 1. The maximum atomic E-state index is 11.2. The zero-order chi connectivity index (χ0) is 14.1. The summed E-state index contributed by atoms with van der Waals surface area (Å²) in [5.74, 6) is -0.0492. The number of carboxylic acids is 1. The maximum Gasteiger partial charge on any atom is 0.346 e. The van der Waals surface area contributed by atoms with Crippen LogP contribution in [0.4, 0.5) is 11.5 Å². The van der Waals surface area contributed by atoms with Crippen molar-refractivity contribution in [3.05, 3.63) is 41.8 Å². The zero-order valence-corrected chi connectivity index (χ0v) is 11.0. The van der Waals surface area contributed by atoms with Crippen molar-refractivity contribution in [1.82, 2.24) is 9.97 Å². The summed E-state index contributed by atoms with van der Waals surface area (Å²) in [6.45, 7) is 0.140. The van der Waals surface area contributed by atoms with Gasteiger partial charge in [-0.2, -0.15) is 0 Å². The molecule has 1 aliphatic heterocycles. The number of carbonyl (C=O) groups is 1. The lowest BCUT2D eigenvalue weighted by molar-refractivity contribution is -0.144. The first-order valence-electron chi connectivity index (χ1n) is 5.89. The van der Waals surface area contributed by atoms with Crippen LogP contribution in [0.3, 0.4) is 0 Å². The number of aromatic nitrogens is 2. The normalized spacial score (nSPS) is 17.2. The molecule has 1 unspecified atom stereocenters. The lowest BCUT2D eigenvalue weighted by Gasteiger charge is -2.33. The fourth-order valence-electron chi connectivity index (χ4n) is 2.04. The molecule has 1 aromatic carbocycles. The predicted molar refractivity (Wildman–Crippen MR) is 72.5 cm³/mol. The predicted octanol–water partition coefficient (Wildman–Crippen LogP) is 2.11. The molecule has 1 atom stereocenters. The van der Waals surface area contributed by atoms with Gasteiger partial charge in [0.25, 0.3) is 0 Å². The molecule has 102 valence electrons. The molecule has 2 heterocycles. The van der Waals surface area contributed by atoms with Crippen molar-refractivity contribution in [3.8, 4) is 5.75 Å². The molecule has 0 amide bonds. The largest absolute Gasteiger partial charge is 0.478 e. The summed E-state index contributed by atoms with van der Waals surface area (Å²) in [6, 6.07) is 7.17. The summed E-state index contributed by atoms with van der Waals surface area (Å²) in [5, 5.41) is 9.42. The van der Waals surface area contributed by atoms with Crippen molar-refractivity contribution in [1.29, 1.82) is 0 Å². The summed E-state index contributed by atoms with van der Waals surface area (Å²) in [6.07, 6.45) is 1.99. The van der Waals surface area contributed by atoms with Gasteiger partial charge >= 0.3 is 5.97 Å². The van der Waals surface area contributed by atoms with E-state index in [1.807, 2.05) is 12.1 Å². The van der Waals surface area contributed by atoms with Gasteiger partial charge in [0.05, 0.1) is 24.6 Å². The highest BCUT2D eigenvalue weighted by Crippen LogP contribution is 2.37. The molecular formula is C13H10ClN3O3. The minimum atomic E-state index is -1.03. The number of hydrogen-bond donors (Lipinski definition) is 1. The van der Waals surface area contributed by atoms with E-state index in [9.17, 15) is 4.79 Å². The minimum Gasteiger partial charge on any atom is -0.478 e. The van der Waals surface area contributed by atoms with Crippen LogP contribution in [0, 0.1) is 0 Å². The summed E-state index contributed by atoms with van der Waals surface area (Å²) >= 11 is 5.84. The number of halogens is 1. The Hall–Kier alpha value is -2.34. The highest BCUT2D eigenvalue weighted by molar-refractivity contribution is 6.29. The Bertz CT molecular complexity index is 665. The summed E-state index contributed by atoms with van der Waals surface area (Å²) in [7, 11) is 0. The van der Waals surface area contributed by atoms with Crippen LogP contribution in [0.2, 0.25) is 5.15 Å². The Morgan fingerprint density at radius 3 is 2.95 bits per heavy atom. The van der Waals surface area contributed by atoms with Gasteiger partial charge in [0.1, 0.15) is 10.9 Å². The molecule has 0 spiro atoms. The molecule has 2 aromatic rings. The molecule has 0 bridgehead atoms. The average Bonchev–Trinajstić information content (AvgIpc) is 2.46. The molecule has 1 aliphatic rings. The second kappa shape index (κ2) is 4.97. The first-order chi connectivity index (χ1) is 9.65. The number of carboxylic acid groups (broad SMARTS) is 1. The highest BCUT2D eigenvalue weighted by Gasteiger charge is 2.31. The molecule has 1 N–H and O–H groups in total. The van der Waals surface area contributed by atoms with E-state index in [1.165, 1.54) is 12.4 Å². The van der Waals surface area contributed by atoms with Crippen molar-refractivity contribution < 1.29 is 14.6 Å². The van der Waals surface area contributed by atoms with Crippen LogP contribution in [-0.4, -0.2) is 33.7 Å². The van der Waals surface area contributed by atoms with Crippen LogP contribution in [0.5, 0.6) is 5.75 Å². The van der Waals surface area contributed by atoms with Gasteiger partial charge in [-0.3, -0.25) is 4.98 Å². The van der Waals surface area contributed by atoms with E-state index < -0.39 is 12.1 Å². The van der Waals surface area contributed by atoms with Gasteiger partial charge in [0.15, 0.2) is 5.82 Å². The topological polar surface area (TPSA) is 75.5 Å². The number of fused-ring (bicyclic) bond motifs is 1. The maximum absolute atomic E-state index is 11.2. The molecule has 0 aliphatic carbocycles. The fraction of sp³-hybridized carbons (Fsp3) is 0.154. The molecule has 7 heteroatoms. The standard InChI is InChI=1S/C13H10ClN3O3/c14-11-5-15-6-12(16-11)17-7-10(13(18)19)20-9-4-2-1-3-8(9)17/h1-6,10H,7H2,(H,18,19). The molecule has 1 aromatic heterocycles. The Labute approximate surface area is 119 Å². The van der Waals surface area contributed by atoms with E-state index in [-0.39, 0.29) is 11.7 Å². The van der Waals surface area contributed by atoms with Gasteiger partial charge in [-0.1, -0.05) is 23.7 Å². The molecule has 0 fully saturated rings. The average molecular weight is 292 g/mol. The molecular weight excluding hydrogens is 282 g/mol. The summed E-state index contributed by atoms with van der Waals surface area (Å²) < 4.78 is 5.45. The number of rotatable bonds is 2.